The maximum absolute atomic E-state index is 12.7. The molecule has 34 heavy (non-hydrogen) atoms. The standard InChI is InChI=1S/C24H18Cl2N4O3S/c25-16-3-1-15(2-4-16)23-28-29-24(30(23)19-8-5-17(26)6-9-19)34-14-22(31)27-18-7-10-20-21(13-18)33-12-11-32-20/h1-10,13H,11-12,14H2,(H,27,31). The molecule has 0 aliphatic carbocycles. The predicted molar refractivity (Wildman–Crippen MR) is 134 cm³/mol. The molecule has 1 N–H and O–H groups in total. The molecule has 2 heterocycles. The number of anilines is 1. The number of thioether (sulfide) groups is 1. The summed E-state index contributed by atoms with van der Waals surface area (Å²) in [6.45, 7) is 0.998. The van der Waals surface area contributed by atoms with Crippen LogP contribution in [0, 0.1) is 0 Å². The van der Waals surface area contributed by atoms with Gasteiger partial charge >= 0.3 is 0 Å². The first-order valence-corrected chi connectivity index (χ1v) is 12.1. The van der Waals surface area contributed by atoms with Crippen LogP contribution in [0.25, 0.3) is 17.1 Å². The molecule has 0 fully saturated rings. The third kappa shape index (κ3) is 4.99. The van der Waals surface area contributed by atoms with Crippen LogP contribution in [0.1, 0.15) is 0 Å². The summed E-state index contributed by atoms with van der Waals surface area (Å²) in [5.74, 6) is 1.88. The third-order valence-electron chi connectivity index (χ3n) is 4.98. The zero-order valence-corrected chi connectivity index (χ0v) is 20.0. The lowest BCUT2D eigenvalue weighted by molar-refractivity contribution is -0.113. The molecular weight excluding hydrogens is 495 g/mol. The van der Waals surface area contributed by atoms with Gasteiger partial charge in [-0.05, 0) is 60.7 Å². The van der Waals surface area contributed by atoms with Crippen LogP contribution in [0.5, 0.6) is 11.5 Å². The second-order valence-corrected chi connectivity index (χ2v) is 9.14. The molecule has 1 amide bonds. The average molecular weight is 513 g/mol. The highest BCUT2D eigenvalue weighted by Crippen LogP contribution is 2.33. The Bertz CT molecular complexity index is 1330. The molecule has 0 spiro atoms. The van der Waals surface area contributed by atoms with Crippen molar-refractivity contribution in [2.24, 2.45) is 0 Å². The molecule has 7 nitrogen and oxygen atoms in total. The van der Waals surface area contributed by atoms with Crippen LogP contribution in [0.4, 0.5) is 5.69 Å². The second-order valence-electron chi connectivity index (χ2n) is 7.32. The van der Waals surface area contributed by atoms with Crippen LogP contribution in [-0.4, -0.2) is 39.6 Å². The minimum atomic E-state index is -0.180. The maximum Gasteiger partial charge on any atom is 0.234 e. The molecule has 0 bridgehead atoms. The van der Waals surface area contributed by atoms with Crippen LogP contribution in [0.2, 0.25) is 10.0 Å². The first-order chi connectivity index (χ1) is 16.6. The van der Waals surface area contributed by atoms with E-state index in [1.165, 1.54) is 11.8 Å². The topological polar surface area (TPSA) is 78.3 Å². The quantitative estimate of drug-likeness (QED) is 0.331. The van der Waals surface area contributed by atoms with E-state index in [1.807, 2.05) is 28.8 Å². The number of nitrogens with one attached hydrogen (secondary N) is 1. The molecule has 3 aromatic carbocycles. The van der Waals surface area contributed by atoms with Crippen molar-refractivity contribution in [3.8, 4) is 28.6 Å². The summed E-state index contributed by atoms with van der Waals surface area (Å²) >= 11 is 13.4. The van der Waals surface area contributed by atoms with Crippen LogP contribution in [0.15, 0.2) is 71.9 Å². The molecule has 1 aliphatic heterocycles. The molecular formula is C24H18Cl2N4O3S. The third-order valence-corrected chi connectivity index (χ3v) is 6.41. The number of carbonyl (C=O) groups is 1. The number of rotatable bonds is 6. The van der Waals surface area contributed by atoms with Crippen molar-refractivity contribution < 1.29 is 14.3 Å². The van der Waals surface area contributed by atoms with Crippen molar-refractivity contribution >= 4 is 46.6 Å². The molecule has 0 atom stereocenters. The molecule has 10 heteroatoms. The highest BCUT2D eigenvalue weighted by Gasteiger charge is 2.18. The maximum atomic E-state index is 12.7. The second kappa shape index (κ2) is 9.97. The van der Waals surface area contributed by atoms with E-state index >= 15 is 0 Å². The number of halogens is 2. The molecule has 0 radical (unpaired) electrons. The number of carbonyl (C=O) groups excluding carboxylic acids is 1. The Hall–Kier alpha value is -3.20. The smallest absolute Gasteiger partial charge is 0.234 e. The Labute approximate surface area is 210 Å². The van der Waals surface area contributed by atoms with Gasteiger partial charge in [0.2, 0.25) is 5.91 Å². The van der Waals surface area contributed by atoms with Crippen molar-refractivity contribution in [1.82, 2.24) is 14.8 Å². The summed E-state index contributed by atoms with van der Waals surface area (Å²) in [5.41, 5.74) is 2.31. The lowest BCUT2D eigenvalue weighted by Crippen LogP contribution is -2.17. The number of amides is 1. The van der Waals surface area contributed by atoms with Gasteiger partial charge in [-0.25, -0.2) is 0 Å². The van der Waals surface area contributed by atoms with E-state index in [0.717, 1.165) is 11.3 Å². The van der Waals surface area contributed by atoms with E-state index in [0.29, 0.717) is 51.4 Å². The summed E-state index contributed by atoms with van der Waals surface area (Å²) in [7, 11) is 0. The highest BCUT2D eigenvalue weighted by atomic mass is 35.5. The van der Waals surface area contributed by atoms with E-state index in [1.54, 1.807) is 42.5 Å². The molecule has 172 valence electrons. The minimum Gasteiger partial charge on any atom is -0.486 e. The van der Waals surface area contributed by atoms with Gasteiger partial charge in [0.1, 0.15) is 13.2 Å². The van der Waals surface area contributed by atoms with E-state index in [2.05, 4.69) is 15.5 Å². The van der Waals surface area contributed by atoms with Gasteiger partial charge in [-0.1, -0.05) is 35.0 Å². The fraction of sp³-hybridized carbons (Fsp3) is 0.125. The van der Waals surface area contributed by atoms with Crippen molar-refractivity contribution in [3.05, 3.63) is 76.8 Å². The monoisotopic (exact) mass is 512 g/mol. The Morgan fingerprint density at radius 2 is 1.59 bits per heavy atom. The van der Waals surface area contributed by atoms with Crippen molar-refractivity contribution in [3.63, 3.8) is 0 Å². The van der Waals surface area contributed by atoms with Crippen LogP contribution in [-0.2, 0) is 4.79 Å². The van der Waals surface area contributed by atoms with E-state index in [9.17, 15) is 4.79 Å². The summed E-state index contributed by atoms with van der Waals surface area (Å²) in [4.78, 5) is 12.7. The van der Waals surface area contributed by atoms with E-state index in [4.69, 9.17) is 32.7 Å². The van der Waals surface area contributed by atoms with Crippen molar-refractivity contribution in [2.75, 3.05) is 24.3 Å². The number of fused-ring (bicyclic) bond motifs is 1. The van der Waals surface area contributed by atoms with Crippen molar-refractivity contribution in [1.29, 1.82) is 0 Å². The van der Waals surface area contributed by atoms with Gasteiger partial charge < -0.3 is 14.8 Å². The fourth-order valence-corrected chi connectivity index (χ4v) is 4.42. The molecule has 5 rings (SSSR count). The van der Waals surface area contributed by atoms with Crippen LogP contribution < -0.4 is 14.8 Å². The molecule has 1 aromatic heterocycles. The first-order valence-electron chi connectivity index (χ1n) is 10.4. The lowest BCUT2D eigenvalue weighted by Gasteiger charge is -2.19. The summed E-state index contributed by atoms with van der Waals surface area (Å²) in [5, 5.41) is 13.4. The number of benzene rings is 3. The average Bonchev–Trinajstić information content (AvgIpc) is 3.27. The SMILES string of the molecule is O=C(CSc1nnc(-c2ccc(Cl)cc2)n1-c1ccc(Cl)cc1)Nc1ccc2c(c1)OCCO2. The molecule has 0 saturated carbocycles. The van der Waals surface area contributed by atoms with Gasteiger partial charge in [-0.2, -0.15) is 0 Å². The minimum absolute atomic E-state index is 0.140. The zero-order chi connectivity index (χ0) is 23.5. The van der Waals surface area contributed by atoms with Gasteiger partial charge in [-0.3, -0.25) is 9.36 Å². The van der Waals surface area contributed by atoms with Crippen molar-refractivity contribution in [2.45, 2.75) is 5.16 Å². The lowest BCUT2D eigenvalue weighted by atomic mass is 10.2. The largest absolute Gasteiger partial charge is 0.486 e. The fourth-order valence-electron chi connectivity index (χ4n) is 3.42. The Morgan fingerprint density at radius 3 is 2.32 bits per heavy atom. The molecule has 0 saturated heterocycles. The Kier molecular flexibility index (Phi) is 6.62. The van der Waals surface area contributed by atoms with Gasteiger partial charge in [0.15, 0.2) is 22.5 Å². The van der Waals surface area contributed by atoms with Crippen LogP contribution in [0.3, 0.4) is 0 Å². The zero-order valence-electron chi connectivity index (χ0n) is 17.7. The Balaban J connectivity index is 1.36. The summed E-state index contributed by atoms with van der Waals surface area (Å²) in [6.07, 6.45) is 0. The van der Waals surface area contributed by atoms with Gasteiger partial charge in [0.25, 0.3) is 0 Å². The van der Waals surface area contributed by atoms with Gasteiger partial charge in [0, 0.05) is 33.0 Å². The number of ether oxygens (including phenoxy) is 2. The van der Waals surface area contributed by atoms with Gasteiger partial charge in [0.05, 0.1) is 5.75 Å². The normalized spacial score (nSPS) is 12.4. The van der Waals surface area contributed by atoms with E-state index in [-0.39, 0.29) is 11.7 Å². The number of nitrogens with zero attached hydrogens (tertiary/aromatic N) is 3. The first kappa shape index (κ1) is 22.6. The predicted octanol–water partition coefficient (Wildman–Crippen LogP) is 5.74. The molecule has 0 unspecified atom stereocenters. The summed E-state index contributed by atoms with van der Waals surface area (Å²) < 4.78 is 13.0. The number of aromatic nitrogens is 3. The number of hydrogen-bond donors (Lipinski definition) is 1. The van der Waals surface area contributed by atoms with Gasteiger partial charge in [-0.15, -0.1) is 10.2 Å². The van der Waals surface area contributed by atoms with Crippen LogP contribution >= 0.6 is 35.0 Å². The Morgan fingerprint density at radius 1 is 0.912 bits per heavy atom. The van der Waals surface area contributed by atoms with E-state index < -0.39 is 0 Å². The molecule has 4 aromatic rings. The highest BCUT2D eigenvalue weighted by molar-refractivity contribution is 7.99. The number of hydrogen-bond acceptors (Lipinski definition) is 6. The molecule has 1 aliphatic rings. The summed E-state index contributed by atoms with van der Waals surface area (Å²) in [6, 6.07) is 20.0.